The predicted octanol–water partition coefficient (Wildman–Crippen LogP) is 3.67. The van der Waals surface area contributed by atoms with E-state index in [-0.39, 0.29) is 0 Å². The van der Waals surface area contributed by atoms with Crippen molar-refractivity contribution in [2.45, 2.75) is 43.0 Å². The zero-order valence-electron chi connectivity index (χ0n) is 16.1. The Morgan fingerprint density at radius 3 is 2.50 bits per heavy atom. The topological polar surface area (TPSA) is 99.6 Å². The van der Waals surface area contributed by atoms with Gasteiger partial charge in [-0.25, -0.2) is 4.79 Å². The van der Waals surface area contributed by atoms with Crippen LogP contribution in [0.2, 0.25) is 10.0 Å². The van der Waals surface area contributed by atoms with E-state index < -0.39 is 40.0 Å². The summed E-state index contributed by atoms with van der Waals surface area (Å²) in [5.74, 6) is -1.93. The van der Waals surface area contributed by atoms with Crippen molar-refractivity contribution >= 4 is 64.3 Å². The number of aliphatic carboxylic acids is 1. The van der Waals surface area contributed by atoms with Crippen molar-refractivity contribution in [1.29, 1.82) is 0 Å². The molecule has 0 spiro atoms. The molecular formula is C19H17Cl2N3O4S2. The molecule has 1 aromatic carbocycles. The minimum absolute atomic E-state index is 0.304. The summed E-state index contributed by atoms with van der Waals surface area (Å²) in [6.07, 6.45) is 0. The van der Waals surface area contributed by atoms with Gasteiger partial charge in [-0.15, -0.1) is 11.8 Å². The SMILES string of the molecule is Cc1snc(-c2c(Cl)cccc2Cl)c1C(=O)N[C@@H]1C(=O)N2[C@@H]1SC(C)(C)[C@@H]2C(=O)O. The minimum Gasteiger partial charge on any atom is -0.480 e. The Morgan fingerprint density at radius 1 is 1.27 bits per heavy atom. The van der Waals surface area contributed by atoms with Gasteiger partial charge in [0, 0.05) is 15.2 Å². The smallest absolute Gasteiger partial charge is 0.327 e. The molecule has 2 aliphatic rings. The van der Waals surface area contributed by atoms with Gasteiger partial charge in [0.05, 0.1) is 15.6 Å². The van der Waals surface area contributed by atoms with Gasteiger partial charge in [0.15, 0.2) is 0 Å². The van der Waals surface area contributed by atoms with Crippen LogP contribution in [-0.2, 0) is 9.59 Å². The van der Waals surface area contributed by atoms with Gasteiger partial charge in [0.2, 0.25) is 5.91 Å². The number of carbonyl (C=O) groups excluding carboxylic acids is 2. The van der Waals surface area contributed by atoms with E-state index in [1.165, 1.54) is 16.7 Å². The van der Waals surface area contributed by atoms with Gasteiger partial charge >= 0.3 is 5.97 Å². The van der Waals surface area contributed by atoms with E-state index in [0.717, 1.165) is 11.5 Å². The number of carbonyl (C=O) groups is 3. The van der Waals surface area contributed by atoms with Gasteiger partial charge in [-0.1, -0.05) is 29.3 Å². The third kappa shape index (κ3) is 3.19. The molecule has 0 radical (unpaired) electrons. The quantitative estimate of drug-likeness (QED) is 0.640. The molecule has 2 saturated heterocycles. The van der Waals surface area contributed by atoms with Crippen molar-refractivity contribution in [2.75, 3.05) is 0 Å². The second kappa shape index (κ2) is 7.40. The number of rotatable bonds is 4. The second-order valence-corrected chi connectivity index (χ2v) is 11.2. The van der Waals surface area contributed by atoms with Crippen molar-refractivity contribution in [3.8, 4) is 11.3 Å². The molecular weight excluding hydrogens is 469 g/mol. The molecule has 158 valence electrons. The molecule has 30 heavy (non-hydrogen) atoms. The normalized spacial score (nSPS) is 24.4. The number of halogens is 2. The second-order valence-electron chi connectivity index (χ2n) is 7.61. The summed E-state index contributed by atoms with van der Waals surface area (Å²) in [5.41, 5.74) is 1.12. The highest BCUT2D eigenvalue weighted by atomic mass is 35.5. The third-order valence-electron chi connectivity index (χ3n) is 5.25. The molecule has 7 nitrogen and oxygen atoms in total. The highest BCUT2D eigenvalue weighted by Crippen LogP contribution is 2.51. The molecule has 4 rings (SSSR count). The first kappa shape index (κ1) is 21.4. The lowest BCUT2D eigenvalue weighted by atomic mass is 9.95. The van der Waals surface area contributed by atoms with Crippen LogP contribution in [0, 0.1) is 6.92 Å². The molecule has 2 aromatic rings. The Bertz CT molecular complexity index is 1070. The summed E-state index contributed by atoms with van der Waals surface area (Å²) < 4.78 is 3.69. The Morgan fingerprint density at radius 2 is 1.90 bits per heavy atom. The van der Waals surface area contributed by atoms with E-state index in [0.29, 0.717) is 31.7 Å². The van der Waals surface area contributed by atoms with Crippen LogP contribution >= 0.6 is 46.5 Å². The fourth-order valence-electron chi connectivity index (χ4n) is 3.89. The molecule has 1 aromatic heterocycles. The summed E-state index contributed by atoms with van der Waals surface area (Å²) in [6, 6.07) is 3.29. The monoisotopic (exact) mass is 485 g/mol. The largest absolute Gasteiger partial charge is 0.480 e. The maximum atomic E-state index is 13.1. The molecule has 2 amide bonds. The number of thioether (sulfide) groups is 1. The Kier molecular flexibility index (Phi) is 5.29. The first-order valence-corrected chi connectivity index (χ1v) is 11.4. The number of fused-ring (bicyclic) bond motifs is 1. The van der Waals surface area contributed by atoms with E-state index in [1.807, 2.05) is 0 Å². The zero-order chi connectivity index (χ0) is 22.0. The fraction of sp³-hybridized carbons (Fsp3) is 0.368. The van der Waals surface area contributed by atoms with Gasteiger partial charge in [-0.05, 0) is 44.4 Å². The van der Waals surface area contributed by atoms with Gasteiger partial charge in [-0.2, -0.15) is 4.37 Å². The lowest BCUT2D eigenvalue weighted by Gasteiger charge is -2.43. The third-order valence-corrected chi connectivity index (χ3v) is 8.20. The first-order valence-electron chi connectivity index (χ1n) is 8.99. The van der Waals surface area contributed by atoms with Crippen molar-refractivity contribution in [1.82, 2.24) is 14.6 Å². The maximum Gasteiger partial charge on any atom is 0.327 e. The average molecular weight is 486 g/mol. The van der Waals surface area contributed by atoms with E-state index in [1.54, 1.807) is 39.0 Å². The van der Waals surface area contributed by atoms with Crippen LogP contribution in [0.5, 0.6) is 0 Å². The summed E-state index contributed by atoms with van der Waals surface area (Å²) in [5, 5.41) is 12.6. The number of benzene rings is 1. The molecule has 0 saturated carbocycles. The number of nitrogens with one attached hydrogen (secondary N) is 1. The van der Waals surface area contributed by atoms with E-state index in [9.17, 15) is 19.5 Å². The summed E-state index contributed by atoms with van der Waals surface area (Å²) in [4.78, 5) is 39.5. The standard InChI is InChI=1S/C19H17Cl2N3O4S2/c1-7-10(12(23-30-7)11-8(20)5-4-6-9(11)21)15(25)22-13-16(26)24-14(18(27)28)19(2,3)29-17(13)24/h4-6,13-14,17H,1-3H3,(H,22,25)(H,27,28)/t13-,14+,17-/m1/s1. The van der Waals surface area contributed by atoms with Crippen LogP contribution in [0.4, 0.5) is 0 Å². The van der Waals surface area contributed by atoms with E-state index in [4.69, 9.17) is 23.2 Å². The average Bonchev–Trinajstić information content (AvgIpc) is 3.14. The number of aromatic nitrogens is 1. The zero-order valence-corrected chi connectivity index (χ0v) is 19.2. The lowest BCUT2D eigenvalue weighted by Crippen LogP contribution is -2.70. The van der Waals surface area contributed by atoms with Crippen LogP contribution in [0.15, 0.2) is 18.2 Å². The minimum atomic E-state index is -1.05. The Hall–Kier alpha value is -1.81. The predicted molar refractivity (Wildman–Crippen MR) is 117 cm³/mol. The molecule has 0 aliphatic carbocycles. The first-order chi connectivity index (χ1) is 14.0. The molecule has 2 aliphatic heterocycles. The number of carboxylic acids is 1. The number of aryl methyl sites for hydroxylation is 1. The lowest BCUT2D eigenvalue weighted by molar-refractivity contribution is -0.159. The molecule has 3 atom stereocenters. The Labute approximate surface area is 190 Å². The maximum absolute atomic E-state index is 13.1. The summed E-state index contributed by atoms with van der Waals surface area (Å²) in [7, 11) is 0. The van der Waals surface area contributed by atoms with Crippen LogP contribution < -0.4 is 5.32 Å². The van der Waals surface area contributed by atoms with Crippen molar-refractivity contribution < 1.29 is 19.5 Å². The van der Waals surface area contributed by atoms with Crippen LogP contribution in [0.25, 0.3) is 11.3 Å². The van der Waals surface area contributed by atoms with Crippen LogP contribution in [0.1, 0.15) is 29.1 Å². The fourth-order valence-corrected chi connectivity index (χ4v) is 6.79. The number of carboxylic acid groups (broad SMARTS) is 1. The van der Waals surface area contributed by atoms with Crippen LogP contribution in [0.3, 0.4) is 0 Å². The molecule has 0 bridgehead atoms. The van der Waals surface area contributed by atoms with Crippen molar-refractivity contribution in [3.63, 3.8) is 0 Å². The van der Waals surface area contributed by atoms with Crippen LogP contribution in [-0.4, -0.2) is 54.4 Å². The number of amides is 2. The van der Waals surface area contributed by atoms with Gasteiger partial charge < -0.3 is 15.3 Å². The molecule has 3 heterocycles. The van der Waals surface area contributed by atoms with Gasteiger partial charge in [0.25, 0.3) is 5.91 Å². The number of hydrogen-bond donors (Lipinski definition) is 2. The van der Waals surface area contributed by atoms with Crippen molar-refractivity contribution in [3.05, 3.63) is 38.7 Å². The van der Waals surface area contributed by atoms with Gasteiger partial charge in [-0.3, -0.25) is 9.59 Å². The number of hydrogen-bond acceptors (Lipinski definition) is 6. The number of nitrogens with zero attached hydrogens (tertiary/aromatic N) is 2. The summed E-state index contributed by atoms with van der Waals surface area (Å²) >= 11 is 15.1. The van der Waals surface area contributed by atoms with E-state index >= 15 is 0 Å². The highest BCUT2D eigenvalue weighted by molar-refractivity contribution is 8.01. The molecule has 2 N–H and O–H groups in total. The number of β-lactam (4-membered cyclic amide) rings is 1. The van der Waals surface area contributed by atoms with E-state index in [2.05, 4.69) is 9.69 Å². The highest BCUT2D eigenvalue weighted by Gasteiger charge is 2.64. The van der Waals surface area contributed by atoms with Crippen molar-refractivity contribution in [2.24, 2.45) is 0 Å². The Balaban J connectivity index is 1.62. The molecule has 2 fully saturated rings. The summed E-state index contributed by atoms with van der Waals surface area (Å²) in [6.45, 7) is 5.32. The van der Waals surface area contributed by atoms with Gasteiger partial charge in [0.1, 0.15) is 23.2 Å². The molecule has 0 unspecified atom stereocenters. The molecule has 11 heteroatoms.